The first-order chi connectivity index (χ1) is 14.8. The van der Waals surface area contributed by atoms with E-state index in [1.165, 1.54) is 21.6 Å². The molecule has 0 radical (unpaired) electrons. The Morgan fingerprint density at radius 3 is 2.61 bits per heavy atom. The van der Waals surface area contributed by atoms with Gasteiger partial charge >= 0.3 is 0 Å². The van der Waals surface area contributed by atoms with Gasteiger partial charge in [-0.2, -0.15) is 0 Å². The van der Waals surface area contributed by atoms with Crippen molar-refractivity contribution < 1.29 is 9.53 Å². The van der Waals surface area contributed by atoms with Gasteiger partial charge in [0.15, 0.2) is 11.6 Å². The van der Waals surface area contributed by atoms with Crippen LogP contribution in [0.1, 0.15) is 22.6 Å². The third-order valence-electron chi connectivity index (χ3n) is 5.08. The van der Waals surface area contributed by atoms with Gasteiger partial charge < -0.3 is 9.30 Å². The van der Waals surface area contributed by atoms with Crippen LogP contribution < -0.4 is 0 Å². The van der Waals surface area contributed by atoms with E-state index >= 15 is 0 Å². The van der Waals surface area contributed by atoms with Gasteiger partial charge in [-0.25, -0.2) is 4.98 Å². The van der Waals surface area contributed by atoms with Gasteiger partial charge in [-0.05, 0) is 35.7 Å². The number of hydrogen-bond donors (Lipinski definition) is 0. The zero-order chi connectivity index (χ0) is 22.3. The fourth-order valence-corrected chi connectivity index (χ4v) is 5.17. The van der Waals surface area contributed by atoms with Crippen molar-refractivity contribution in [3.05, 3.63) is 72.3 Å². The van der Waals surface area contributed by atoms with Gasteiger partial charge in [0.1, 0.15) is 6.73 Å². The van der Waals surface area contributed by atoms with Crippen LogP contribution in [0, 0.1) is 6.92 Å². The lowest BCUT2D eigenvalue weighted by atomic mass is 10.0. The molecule has 1 heterocycles. The van der Waals surface area contributed by atoms with Gasteiger partial charge in [0.2, 0.25) is 0 Å². The molecule has 0 amide bonds. The SMILES string of the molecule is Cc1cccc(SCCC(=O)c2nccn2COCC[Si](C)(C)C)c1-c1ccccc1. The Morgan fingerprint density at radius 1 is 1.10 bits per heavy atom. The summed E-state index contributed by atoms with van der Waals surface area (Å²) in [7, 11) is -1.12. The molecule has 0 spiro atoms. The molecule has 0 aliphatic rings. The molecule has 0 fully saturated rings. The van der Waals surface area contributed by atoms with E-state index in [1.807, 2.05) is 16.8 Å². The average Bonchev–Trinajstić information content (AvgIpc) is 3.20. The van der Waals surface area contributed by atoms with Crippen molar-refractivity contribution in [3.63, 3.8) is 0 Å². The second-order valence-electron chi connectivity index (χ2n) is 8.90. The minimum atomic E-state index is -1.12. The average molecular weight is 453 g/mol. The molecule has 0 bridgehead atoms. The number of ether oxygens (including phenoxy) is 1. The number of hydrogen-bond acceptors (Lipinski definition) is 4. The predicted octanol–water partition coefficient (Wildman–Crippen LogP) is 6.54. The topological polar surface area (TPSA) is 44.1 Å². The minimum absolute atomic E-state index is 0.0558. The maximum absolute atomic E-state index is 12.8. The van der Waals surface area contributed by atoms with Crippen molar-refractivity contribution in [3.8, 4) is 11.1 Å². The highest BCUT2D eigenvalue weighted by molar-refractivity contribution is 7.99. The molecule has 0 atom stereocenters. The molecule has 0 saturated heterocycles. The van der Waals surface area contributed by atoms with Crippen molar-refractivity contribution in [2.45, 2.75) is 50.7 Å². The summed E-state index contributed by atoms with van der Waals surface area (Å²) in [5.74, 6) is 1.26. The van der Waals surface area contributed by atoms with Crippen LogP contribution in [0.25, 0.3) is 11.1 Å². The van der Waals surface area contributed by atoms with Crippen LogP contribution >= 0.6 is 11.8 Å². The molecule has 0 N–H and O–H groups in total. The van der Waals surface area contributed by atoms with E-state index in [-0.39, 0.29) is 5.78 Å². The molecule has 6 heteroatoms. The summed E-state index contributed by atoms with van der Waals surface area (Å²) >= 11 is 1.73. The Balaban J connectivity index is 1.57. The van der Waals surface area contributed by atoms with Gasteiger partial charge in [-0.3, -0.25) is 4.79 Å². The zero-order valence-electron chi connectivity index (χ0n) is 18.9. The van der Waals surface area contributed by atoms with Crippen LogP contribution in [0.4, 0.5) is 0 Å². The lowest BCUT2D eigenvalue weighted by Gasteiger charge is -2.16. The molecule has 0 aliphatic heterocycles. The second-order valence-corrected chi connectivity index (χ2v) is 15.7. The minimum Gasteiger partial charge on any atom is -0.361 e. The fourth-order valence-electron chi connectivity index (χ4n) is 3.31. The van der Waals surface area contributed by atoms with E-state index in [0.29, 0.717) is 24.7 Å². The number of aromatic nitrogens is 2. The van der Waals surface area contributed by atoms with E-state index in [9.17, 15) is 4.79 Å². The highest BCUT2D eigenvalue weighted by Crippen LogP contribution is 2.34. The van der Waals surface area contributed by atoms with Crippen molar-refractivity contribution in [2.75, 3.05) is 12.4 Å². The summed E-state index contributed by atoms with van der Waals surface area (Å²) in [6.07, 6.45) is 3.94. The van der Waals surface area contributed by atoms with Gasteiger partial charge in [0, 0.05) is 44.1 Å². The number of imidazole rings is 1. The maximum Gasteiger partial charge on any atom is 0.199 e. The lowest BCUT2D eigenvalue weighted by Crippen LogP contribution is -2.22. The number of ketones is 1. The number of nitrogens with zero attached hydrogens (tertiary/aromatic N) is 2. The third kappa shape index (κ3) is 6.92. The molecule has 1 aromatic heterocycles. The standard InChI is InChI=1S/C25H32N2O2SSi/c1-20-9-8-12-23(24(20)21-10-6-5-7-11-21)30-17-13-22(28)25-26-14-15-27(25)19-29-16-18-31(2,3)4/h5-12,14-15H,13,16-19H2,1-4H3. The molecule has 0 unspecified atom stereocenters. The Morgan fingerprint density at radius 2 is 1.87 bits per heavy atom. The summed E-state index contributed by atoms with van der Waals surface area (Å²) < 4.78 is 7.62. The molecule has 3 rings (SSSR count). The highest BCUT2D eigenvalue weighted by atomic mass is 32.2. The largest absolute Gasteiger partial charge is 0.361 e. The Kier molecular flexibility index (Phi) is 8.29. The van der Waals surface area contributed by atoms with Crippen molar-refractivity contribution in [1.29, 1.82) is 0 Å². The normalized spacial score (nSPS) is 11.6. The molecule has 3 aromatic rings. The van der Waals surface area contributed by atoms with Crippen LogP contribution in [-0.4, -0.2) is 35.8 Å². The molecule has 0 aliphatic carbocycles. The van der Waals surface area contributed by atoms with Crippen LogP contribution in [0.5, 0.6) is 0 Å². The number of thioether (sulfide) groups is 1. The summed E-state index contributed by atoms with van der Waals surface area (Å²) in [5, 5.41) is 0. The van der Waals surface area contributed by atoms with Crippen LogP contribution in [0.3, 0.4) is 0 Å². The third-order valence-corrected chi connectivity index (χ3v) is 7.84. The van der Waals surface area contributed by atoms with Crippen LogP contribution in [0.15, 0.2) is 65.8 Å². The van der Waals surface area contributed by atoms with E-state index < -0.39 is 8.07 Å². The molecule has 2 aromatic carbocycles. The van der Waals surface area contributed by atoms with E-state index in [2.05, 4.69) is 74.0 Å². The lowest BCUT2D eigenvalue weighted by molar-refractivity contribution is 0.0798. The van der Waals surface area contributed by atoms with E-state index in [1.54, 1.807) is 18.0 Å². The van der Waals surface area contributed by atoms with Crippen molar-refractivity contribution >= 4 is 25.6 Å². The predicted molar refractivity (Wildman–Crippen MR) is 133 cm³/mol. The second kappa shape index (κ2) is 10.9. The summed E-state index contributed by atoms with van der Waals surface area (Å²) in [6, 6.07) is 17.9. The Hall–Kier alpha value is -2.15. The Bertz CT molecular complexity index is 996. The van der Waals surface area contributed by atoms with E-state index in [0.717, 1.165) is 12.7 Å². The first-order valence-electron chi connectivity index (χ1n) is 10.7. The molecule has 164 valence electrons. The number of rotatable bonds is 11. The van der Waals surface area contributed by atoms with Gasteiger partial charge in [-0.1, -0.05) is 62.1 Å². The van der Waals surface area contributed by atoms with Crippen molar-refractivity contribution in [1.82, 2.24) is 9.55 Å². The number of carbonyl (C=O) groups excluding carboxylic acids is 1. The van der Waals surface area contributed by atoms with Crippen LogP contribution in [0.2, 0.25) is 25.7 Å². The highest BCUT2D eigenvalue weighted by Gasteiger charge is 2.16. The first-order valence-corrected chi connectivity index (χ1v) is 15.4. The summed E-state index contributed by atoms with van der Waals surface area (Å²) in [4.78, 5) is 18.3. The first kappa shape index (κ1) is 23.5. The zero-order valence-corrected chi connectivity index (χ0v) is 20.7. The van der Waals surface area contributed by atoms with Gasteiger partial charge in [0.05, 0.1) is 0 Å². The molecule has 4 nitrogen and oxygen atoms in total. The number of aryl methyl sites for hydroxylation is 1. The fraction of sp³-hybridized carbons (Fsp3) is 0.360. The quantitative estimate of drug-likeness (QED) is 0.143. The Labute approximate surface area is 191 Å². The molecular weight excluding hydrogens is 420 g/mol. The molecular formula is C25H32N2O2SSi. The number of Topliss-reactive ketones (excluding diaryl/α,β-unsaturated/α-hetero) is 1. The molecule has 0 saturated carbocycles. The number of carbonyl (C=O) groups is 1. The summed E-state index contributed by atoms with van der Waals surface area (Å²) in [6.45, 7) is 10.2. The van der Waals surface area contributed by atoms with Crippen molar-refractivity contribution in [2.24, 2.45) is 0 Å². The smallest absolute Gasteiger partial charge is 0.199 e. The van der Waals surface area contributed by atoms with Crippen LogP contribution in [-0.2, 0) is 11.5 Å². The maximum atomic E-state index is 12.8. The van der Waals surface area contributed by atoms with Gasteiger partial charge in [0.25, 0.3) is 0 Å². The van der Waals surface area contributed by atoms with Gasteiger partial charge in [-0.15, -0.1) is 11.8 Å². The molecule has 31 heavy (non-hydrogen) atoms. The monoisotopic (exact) mass is 452 g/mol. The number of benzene rings is 2. The van der Waals surface area contributed by atoms with E-state index in [4.69, 9.17) is 4.74 Å². The summed E-state index contributed by atoms with van der Waals surface area (Å²) in [5.41, 5.74) is 3.70.